The molecule has 0 saturated heterocycles. The number of nitrogens with one attached hydrogen (secondary N) is 1. The first-order chi connectivity index (χ1) is 9.78. The van der Waals surface area contributed by atoms with Crippen LogP contribution in [0.15, 0.2) is 29.2 Å². The Balaban J connectivity index is 1.72. The third-order valence-corrected chi connectivity index (χ3v) is 4.49. The molecule has 20 heavy (non-hydrogen) atoms. The van der Waals surface area contributed by atoms with E-state index in [2.05, 4.69) is 5.32 Å². The number of benzene rings is 1. The van der Waals surface area contributed by atoms with E-state index in [1.165, 1.54) is 19.3 Å². The molecule has 0 bridgehead atoms. The van der Waals surface area contributed by atoms with Gasteiger partial charge in [-0.3, -0.25) is 4.79 Å². The molecule has 4 heteroatoms. The van der Waals surface area contributed by atoms with Gasteiger partial charge in [-0.15, -0.1) is 11.8 Å². The van der Waals surface area contributed by atoms with Crippen LogP contribution in [0.3, 0.4) is 0 Å². The number of amides is 1. The van der Waals surface area contributed by atoms with Crippen LogP contribution >= 0.6 is 11.8 Å². The summed E-state index contributed by atoms with van der Waals surface area (Å²) in [5.41, 5.74) is 0. The summed E-state index contributed by atoms with van der Waals surface area (Å²) in [6.45, 7) is 2.65. The van der Waals surface area contributed by atoms with E-state index in [1.807, 2.05) is 31.2 Å². The van der Waals surface area contributed by atoms with Gasteiger partial charge in [0.25, 0.3) is 0 Å². The van der Waals surface area contributed by atoms with Crippen molar-refractivity contribution in [3.05, 3.63) is 24.3 Å². The molecular weight excluding hydrogens is 270 g/mol. The highest BCUT2D eigenvalue weighted by atomic mass is 32.2. The van der Waals surface area contributed by atoms with Gasteiger partial charge in [-0.25, -0.2) is 0 Å². The maximum atomic E-state index is 11.9. The van der Waals surface area contributed by atoms with Crippen LogP contribution < -0.4 is 10.1 Å². The van der Waals surface area contributed by atoms with E-state index < -0.39 is 0 Å². The lowest BCUT2D eigenvalue weighted by atomic mass is 9.95. The predicted octanol–water partition coefficient (Wildman–Crippen LogP) is 3.63. The van der Waals surface area contributed by atoms with Gasteiger partial charge in [-0.1, -0.05) is 19.3 Å². The maximum Gasteiger partial charge on any atom is 0.230 e. The number of carbonyl (C=O) groups excluding carboxylic acids is 1. The fraction of sp³-hybridized carbons (Fsp3) is 0.562. The molecule has 0 heterocycles. The standard InChI is InChI=1S/C16H23NO2S/c1-2-19-14-8-10-15(11-9-14)20-12-16(18)17-13-6-4-3-5-7-13/h8-11,13H,2-7,12H2,1H3,(H,17,18). The highest BCUT2D eigenvalue weighted by molar-refractivity contribution is 8.00. The minimum absolute atomic E-state index is 0.149. The van der Waals surface area contributed by atoms with Crippen LogP contribution in [0, 0.1) is 0 Å². The average Bonchev–Trinajstić information content (AvgIpc) is 2.48. The molecule has 1 fully saturated rings. The Bertz CT molecular complexity index is 413. The lowest BCUT2D eigenvalue weighted by Gasteiger charge is -2.22. The molecule has 3 nitrogen and oxygen atoms in total. The molecule has 2 rings (SSSR count). The Morgan fingerprint density at radius 3 is 2.60 bits per heavy atom. The summed E-state index contributed by atoms with van der Waals surface area (Å²) < 4.78 is 5.40. The van der Waals surface area contributed by atoms with E-state index >= 15 is 0 Å². The van der Waals surface area contributed by atoms with Crippen molar-refractivity contribution in [2.75, 3.05) is 12.4 Å². The van der Waals surface area contributed by atoms with Crippen LogP contribution in [-0.2, 0) is 4.79 Å². The van der Waals surface area contributed by atoms with Gasteiger partial charge in [0.15, 0.2) is 0 Å². The van der Waals surface area contributed by atoms with E-state index in [4.69, 9.17) is 4.74 Å². The van der Waals surface area contributed by atoms with E-state index in [-0.39, 0.29) is 5.91 Å². The second-order valence-corrected chi connectivity index (χ2v) is 6.14. The number of thioether (sulfide) groups is 1. The molecule has 110 valence electrons. The van der Waals surface area contributed by atoms with Crippen molar-refractivity contribution in [3.8, 4) is 5.75 Å². The smallest absolute Gasteiger partial charge is 0.230 e. The van der Waals surface area contributed by atoms with Crippen molar-refractivity contribution >= 4 is 17.7 Å². The maximum absolute atomic E-state index is 11.9. The van der Waals surface area contributed by atoms with Gasteiger partial charge in [-0.2, -0.15) is 0 Å². The third kappa shape index (κ3) is 5.08. The van der Waals surface area contributed by atoms with Crippen molar-refractivity contribution in [3.63, 3.8) is 0 Å². The van der Waals surface area contributed by atoms with E-state index in [0.29, 0.717) is 18.4 Å². The second kappa shape index (κ2) is 8.20. The van der Waals surface area contributed by atoms with Gasteiger partial charge in [0.1, 0.15) is 5.75 Å². The van der Waals surface area contributed by atoms with Gasteiger partial charge in [0.2, 0.25) is 5.91 Å². The summed E-state index contributed by atoms with van der Waals surface area (Å²) in [7, 11) is 0. The minimum Gasteiger partial charge on any atom is -0.494 e. The zero-order valence-corrected chi connectivity index (χ0v) is 12.9. The Morgan fingerprint density at radius 2 is 1.95 bits per heavy atom. The Kier molecular flexibility index (Phi) is 6.25. The SMILES string of the molecule is CCOc1ccc(SCC(=O)NC2CCCCC2)cc1. The van der Waals surface area contributed by atoms with E-state index in [9.17, 15) is 4.79 Å². The summed E-state index contributed by atoms with van der Waals surface area (Å²) in [6, 6.07) is 8.31. The van der Waals surface area contributed by atoms with Crippen molar-refractivity contribution in [1.29, 1.82) is 0 Å². The molecule has 1 amide bonds. The van der Waals surface area contributed by atoms with Crippen LogP contribution in [0.4, 0.5) is 0 Å². The van der Waals surface area contributed by atoms with Crippen LogP contribution in [0.25, 0.3) is 0 Å². The predicted molar refractivity (Wildman–Crippen MR) is 83.4 cm³/mol. The van der Waals surface area contributed by atoms with Crippen LogP contribution in [0.1, 0.15) is 39.0 Å². The quantitative estimate of drug-likeness (QED) is 0.814. The molecule has 1 aromatic carbocycles. The van der Waals surface area contributed by atoms with E-state index in [0.717, 1.165) is 23.5 Å². The van der Waals surface area contributed by atoms with Gasteiger partial charge in [0, 0.05) is 10.9 Å². The Labute approximate surface area is 125 Å². The highest BCUT2D eigenvalue weighted by Gasteiger charge is 2.15. The second-order valence-electron chi connectivity index (χ2n) is 5.10. The fourth-order valence-electron chi connectivity index (χ4n) is 2.46. The molecule has 1 aromatic rings. The molecule has 1 aliphatic carbocycles. The number of hydrogen-bond acceptors (Lipinski definition) is 3. The molecular formula is C16H23NO2S. The normalized spacial score (nSPS) is 15.8. The van der Waals surface area contributed by atoms with Crippen LogP contribution in [-0.4, -0.2) is 24.3 Å². The summed E-state index contributed by atoms with van der Waals surface area (Å²) >= 11 is 1.58. The highest BCUT2D eigenvalue weighted by Crippen LogP contribution is 2.22. The van der Waals surface area contributed by atoms with Gasteiger partial charge in [-0.05, 0) is 44.0 Å². The molecule has 0 aromatic heterocycles. The van der Waals surface area contributed by atoms with Crippen LogP contribution in [0.5, 0.6) is 5.75 Å². The molecule has 0 atom stereocenters. The largest absolute Gasteiger partial charge is 0.494 e. The lowest BCUT2D eigenvalue weighted by molar-refractivity contribution is -0.119. The lowest BCUT2D eigenvalue weighted by Crippen LogP contribution is -2.37. The Hall–Kier alpha value is -1.16. The van der Waals surface area contributed by atoms with Gasteiger partial charge >= 0.3 is 0 Å². The number of rotatable bonds is 6. The topological polar surface area (TPSA) is 38.3 Å². The molecule has 0 radical (unpaired) electrons. The van der Waals surface area contributed by atoms with Gasteiger partial charge < -0.3 is 10.1 Å². The average molecular weight is 293 g/mol. The molecule has 0 unspecified atom stereocenters. The van der Waals surface area contributed by atoms with Crippen molar-refractivity contribution < 1.29 is 9.53 Å². The fourth-order valence-corrected chi connectivity index (χ4v) is 3.17. The molecule has 0 spiro atoms. The zero-order valence-electron chi connectivity index (χ0n) is 12.1. The summed E-state index contributed by atoms with van der Waals surface area (Å²) in [6.07, 6.45) is 6.08. The van der Waals surface area contributed by atoms with E-state index in [1.54, 1.807) is 11.8 Å². The summed E-state index contributed by atoms with van der Waals surface area (Å²) in [5.74, 6) is 1.52. The summed E-state index contributed by atoms with van der Waals surface area (Å²) in [5, 5.41) is 3.14. The van der Waals surface area contributed by atoms with Crippen molar-refractivity contribution in [2.24, 2.45) is 0 Å². The molecule has 1 N–H and O–H groups in total. The number of carbonyl (C=O) groups is 1. The molecule has 1 saturated carbocycles. The first-order valence-electron chi connectivity index (χ1n) is 7.43. The summed E-state index contributed by atoms with van der Waals surface area (Å²) in [4.78, 5) is 13.0. The van der Waals surface area contributed by atoms with Crippen molar-refractivity contribution in [2.45, 2.75) is 50.0 Å². The zero-order chi connectivity index (χ0) is 14.2. The first-order valence-corrected chi connectivity index (χ1v) is 8.41. The van der Waals surface area contributed by atoms with Gasteiger partial charge in [0.05, 0.1) is 12.4 Å². The third-order valence-electron chi connectivity index (χ3n) is 3.47. The molecule has 1 aliphatic rings. The minimum atomic E-state index is 0.149. The number of ether oxygens (including phenoxy) is 1. The van der Waals surface area contributed by atoms with Crippen molar-refractivity contribution in [1.82, 2.24) is 5.32 Å². The Morgan fingerprint density at radius 1 is 1.25 bits per heavy atom. The monoisotopic (exact) mass is 293 g/mol. The molecule has 0 aliphatic heterocycles. The first kappa shape index (κ1) is 15.2. The van der Waals surface area contributed by atoms with Crippen LogP contribution in [0.2, 0.25) is 0 Å². The number of hydrogen-bond donors (Lipinski definition) is 1.